The number of hydrogen-bond acceptors (Lipinski definition) is 5. The maximum atomic E-state index is 12.1. The first kappa shape index (κ1) is 14.2. The van der Waals surface area contributed by atoms with Gasteiger partial charge in [-0.05, 0) is 20.8 Å². The Bertz CT molecular complexity index is 825. The molecular weight excluding hydrogens is 280 g/mol. The molecule has 0 N–H and O–H groups in total. The average Bonchev–Trinajstić information content (AvgIpc) is 2.93. The van der Waals surface area contributed by atoms with E-state index in [4.69, 9.17) is 4.74 Å². The molecule has 0 fully saturated rings. The van der Waals surface area contributed by atoms with Crippen molar-refractivity contribution in [3.63, 3.8) is 0 Å². The average molecular weight is 296 g/mol. The Hall–Kier alpha value is -2.76. The van der Waals surface area contributed by atoms with Crippen molar-refractivity contribution in [2.75, 3.05) is 0 Å². The lowest BCUT2D eigenvalue weighted by Crippen LogP contribution is -2.15. The van der Waals surface area contributed by atoms with Crippen LogP contribution >= 0.6 is 0 Å². The summed E-state index contributed by atoms with van der Waals surface area (Å²) in [6.07, 6.45) is 1.30. The molecule has 3 rings (SSSR count). The molecule has 0 spiro atoms. The summed E-state index contributed by atoms with van der Waals surface area (Å²) < 4.78 is 6.79. The van der Waals surface area contributed by atoms with Gasteiger partial charge in [-0.15, -0.1) is 5.10 Å². The Labute approximate surface area is 127 Å². The minimum absolute atomic E-state index is 0.182. The first-order valence-corrected chi connectivity index (χ1v) is 7.05. The molecule has 6 heteroatoms. The second kappa shape index (κ2) is 5.55. The molecule has 0 amide bonds. The molecule has 3 aromatic rings. The van der Waals surface area contributed by atoms with E-state index >= 15 is 0 Å². The number of aromatic nitrogens is 4. The number of ether oxygens (including phenoxy) is 1. The van der Waals surface area contributed by atoms with E-state index in [0.717, 1.165) is 5.56 Å². The van der Waals surface area contributed by atoms with Crippen LogP contribution in [0.1, 0.15) is 29.9 Å². The van der Waals surface area contributed by atoms with Crippen LogP contribution in [0.3, 0.4) is 0 Å². The molecule has 2 aromatic heterocycles. The van der Waals surface area contributed by atoms with Crippen molar-refractivity contribution in [3.05, 3.63) is 47.8 Å². The standard InChI is InChI=1S/C16H16N4O2/c1-10(2)22-15(21)13-9-17-16-18-14(19-20(16)11(13)3)12-7-5-4-6-8-12/h4-10H,1-3H3. The van der Waals surface area contributed by atoms with Crippen molar-refractivity contribution < 1.29 is 9.53 Å². The molecule has 0 aliphatic carbocycles. The first-order valence-electron chi connectivity index (χ1n) is 7.05. The van der Waals surface area contributed by atoms with Crippen molar-refractivity contribution in [2.24, 2.45) is 0 Å². The largest absolute Gasteiger partial charge is 0.459 e. The fourth-order valence-electron chi connectivity index (χ4n) is 2.13. The van der Waals surface area contributed by atoms with Gasteiger partial charge in [0.25, 0.3) is 5.78 Å². The molecule has 0 aliphatic heterocycles. The highest BCUT2D eigenvalue weighted by Crippen LogP contribution is 2.17. The van der Waals surface area contributed by atoms with Crippen molar-refractivity contribution in [1.29, 1.82) is 0 Å². The number of esters is 1. The zero-order chi connectivity index (χ0) is 15.7. The molecule has 0 bridgehead atoms. The Morgan fingerprint density at radius 2 is 1.95 bits per heavy atom. The van der Waals surface area contributed by atoms with E-state index in [9.17, 15) is 4.79 Å². The molecule has 6 nitrogen and oxygen atoms in total. The fourth-order valence-corrected chi connectivity index (χ4v) is 2.13. The molecule has 0 atom stereocenters. The summed E-state index contributed by atoms with van der Waals surface area (Å²) >= 11 is 0. The first-order chi connectivity index (χ1) is 10.6. The summed E-state index contributed by atoms with van der Waals surface area (Å²) in [5.74, 6) is 0.627. The van der Waals surface area contributed by atoms with Crippen molar-refractivity contribution in [3.8, 4) is 11.4 Å². The molecular formula is C16H16N4O2. The van der Waals surface area contributed by atoms with Gasteiger partial charge in [-0.3, -0.25) is 0 Å². The monoisotopic (exact) mass is 296 g/mol. The van der Waals surface area contributed by atoms with Crippen molar-refractivity contribution in [1.82, 2.24) is 19.6 Å². The molecule has 0 saturated heterocycles. The van der Waals surface area contributed by atoms with Gasteiger partial charge in [-0.25, -0.2) is 14.3 Å². The van der Waals surface area contributed by atoms with Gasteiger partial charge >= 0.3 is 5.97 Å². The summed E-state index contributed by atoms with van der Waals surface area (Å²) in [5, 5.41) is 4.44. The number of fused-ring (bicyclic) bond motifs is 1. The van der Waals surface area contributed by atoms with Gasteiger partial charge in [-0.2, -0.15) is 4.98 Å². The highest BCUT2D eigenvalue weighted by atomic mass is 16.5. The van der Waals surface area contributed by atoms with Crippen LogP contribution in [0.4, 0.5) is 0 Å². The second-order valence-corrected chi connectivity index (χ2v) is 5.22. The Morgan fingerprint density at radius 1 is 1.23 bits per heavy atom. The topological polar surface area (TPSA) is 69.4 Å². The lowest BCUT2D eigenvalue weighted by molar-refractivity contribution is 0.0375. The van der Waals surface area contributed by atoms with E-state index in [0.29, 0.717) is 22.9 Å². The van der Waals surface area contributed by atoms with Gasteiger partial charge in [0.2, 0.25) is 0 Å². The van der Waals surface area contributed by atoms with Crippen LogP contribution in [0.25, 0.3) is 17.2 Å². The maximum Gasteiger partial charge on any atom is 0.341 e. The Morgan fingerprint density at radius 3 is 2.64 bits per heavy atom. The summed E-state index contributed by atoms with van der Waals surface area (Å²) in [6, 6.07) is 9.64. The summed E-state index contributed by atoms with van der Waals surface area (Å²) in [6.45, 7) is 5.42. The van der Waals surface area contributed by atoms with Crippen LogP contribution in [0.5, 0.6) is 0 Å². The summed E-state index contributed by atoms with van der Waals surface area (Å²) in [7, 11) is 0. The molecule has 0 aliphatic rings. The number of nitrogens with zero attached hydrogens (tertiary/aromatic N) is 4. The minimum Gasteiger partial charge on any atom is -0.459 e. The van der Waals surface area contributed by atoms with Gasteiger partial charge in [0.05, 0.1) is 17.4 Å². The number of carbonyl (C=O) groups excluding carboxylic acids is 1. The van der Waals surface area contributed by atoms with E-state index in [1.807, 2.05) is 44.2 Å². The van der Waals surface area contributed by atoms with E-state index in [2.05, 4.69) is 15.1 Å². The third-order valence-electron chi connectivity index (χ3n) is 3.20. The third kappa shape index (κ3) is 2.55. The van der Waals surface area contributed by atoms with Crippen LogP contribution < -0.4 is 0 Å². The predicted molar refractivity (Wildman–Crippen MR) is 81.5 cm³/mol. The number of carbonyl (C=O) groups is 1. The minimum atomic E-state index is -0.404. The SMILES string of the molecule is Cc1c(C(=O)OC(C)C)cnc2nc(-c3ccccc3)nn12. The van der Waals surface area contributed by atoms with Gasteiger partial charge in [0.15, 0.2) is 5.82 Å². The lowest BCUT2D eigenvalue weighted by Gasteiger charge is -2.09. The highest BCUT2D eigenvalue weighted by molar-refractivity contribution is 5.90. The molecule has 0 saturated carbocycles. The summed E-state index contributed by atoms with van der Waals surface area (Å²) in [4.78, 5) is 20.7. The van der Waals surface area contributed by atoms with Crippen LogP contribution in [-0.2, 0) is 4.74 Å². The fraction of sp³-hybridized carbons (Fsp3) is 0.250. The zero-order valence-corrected chi connectivity index (χ0v) is 12.6. The van der Waals surface area contributed by atoms with Crippen LogP contribution in [0.15, 0.2) is 36.5 Å². The molecule has 0 radical (unpaired) electrons. The number of hydrogen-bond donors (Lipinski definition) is 0. The van der Waals surface area contributed by atoms with E-state index in [1.165, 1.54) is 6.20 Å². The maximum absolute atomic E-state index is 12.1. The van der Waals surface area contributed by atoms with Gasteiger partial charge in [-0.1, -0.05) is 30.3 Å². The lowest BCUT2D eigenvalue weighted by atomic mass is 10.2. The predicted octanol–water partition coefficient (Wildman–Crippen LogP) is 2.66. The molecule has 22 heavy (non-hydrogen) atoms. The van der Waals surface area contributed by atoms with Crippen LogP contribution in [0, 0.1) is 6.92 Å². The van der Waals surface area contributed by atoms with E-state index in [-0.39, 0.29) is 6.10 Å². The second-order valence-electron chi connectivity index (χ2n) is 5.22. The van der Waals surface area contributed by atoms with Gasteiger partial charge in [0, 0.05) is 11.8 Å². The third-order valence-corrected chi connectivity index (χ3v) is 3.20. The smallest absolute Gasteiger partial charge is 0.341 e. The summed E-state index contributed by atoms with van der Waals surface area (Å²) in [5.41, 5.74) is 1.95. The number of rotatable bonds is 3. The van der Waals surface area contributed by atoms with E-state index in [1.54, 1.807) is 11.4 Å². The molecule has 2 heterocycles. The quantitative estimate of drug-likeness (QED) is 0.695. The number of aryl methyl sites for hydroxylation is 1. The Balaban J connectivity index is 2.06. The van der Waals surface area contributed by atoms with Crippen molar-refractivity contribution >= 4 is 11.7 Å². The molecule has 112 valence electrons. The highest BCUT2D eigenvalue weighted by Gasteiger charge is 2.17. The van der Waals surface area contributed by atoms with Gasteiger partial charge < -0.3 is 4.74 Å². The normalized spacial score (nSPS) is 11.1. The van der Waals surface area contributed by atoms with Crippen LogP contribution in [-0.4, -0.2) is 31.7 Å². The molecule has 0 unspecified atom stereocenters. The van der Waals surface area contributed by atoms with Crippen molar-refractivity contribution in [2.45, 2.75) is 26.9 Å². The van der Waals surface area contributed by atoms with E-state index < -0.39 is 5.97 Å². The van der Waals surface area contributed by atoms with Gasteiger partial charge in [0.1, 0.15) is 0 Å². The molecule has 1 aromatic carbocycles. The Kier molecular flexibility index (Phi) is 3.58. The zero-order valence-electron chi connectivity index (χ0n) is 12.6. The number of benzene rings is 1. The van der Waals surface area contributed by atoms with Crippen LogP contribution in [0.2, 0.25) is 0 Å².